The van der Waals surface area contributed by atoms with Gasteiger partial charge in [-0.05, 0) is 18.2 Å². The molecule has 0 aliphatic heterocycles. The van der Waals surface area contributed by atoms with Gasteiger partial charge in [-0.3, -0.25) is 19.1 Å². The Bertz CT molecular complexity index is 909. The lowest BCUT2D eigenvalue weighted by Gasteiger charge is -2.10. The molecule has 0 aliphatic carbocycles. The number of pyridine rings is 1. The monoisotopic (exact) mass is 322 g/mol. The third kappa shape index (κ3) is 3.32. The quantitative estimate of drug-likeness (QED) is 0.753. The number of amides is 1. The Morgan fingerprint density at radius 1 is 1.21 bits per heavy atom. The fraction of sp³-hybridized carbons (Fsp3) is 0.125. The number of nitrogens with one attached hydrogen (secondary N) is 1. The average molecular weight is 322 g/mol. The standard InChI is InChI=1S/C16H14N6O2/c1-22-14(9-19-16(24)11-3-2-5-17-8-11)21-13(7-15(22)23)12-4-6-18-10-20-12/h2-8,10H,9H2,1H3,(H,19,24). The Morgan fingerprint density at radius 3 is 2.79 bits per heavy atom. The van der Waals surface area contributed by atoms with E-state index in [4.69, 9.17) is 0 Å². The van der Waals surface area contributed by atoms with Crippen molar-refractivity contribution in [1.29, 1.82) is 0 Å². The molecule has 8 nitrogen and oxygen atoms in total. The Kier molecular flexibility index (Phi) is 4.37. The first kappa shape index (κ1) is 15.5. The van der Waals surface area contributed by atoms with E-state index in [0.717, 1.165) is 0 Å². The summed E-state index contributed by atoms with van der Waals surface area (Å²) in [5.41, 5.74) is 1.19. The molecule has 3 aromatic rings. The van der Waals surface area contributed by atoms with Crippen LogP contribution in [0.5, 0.6) is 0 Å². The summed E-state index contributed by atoms with van der Waals surface area (Å²) in [6, 6.07) is 6.40. The summed E-state index contributed by atoms with van der Waals surface area (Å²) in [4.78, 5) is 40.4. The Balaban J connectivity index is 1.84. The van der Waals surface area contributed by atoms with Gasteiger partial charge in [0.05, 0.1) is 23.5 Å². The van der Waals surface area contributed by atoms with Crippen LogP contribution >= 0.6 is 0 Å². The molecule has 3 aromatic heterocycles. The molecular weight excluding hydrogens is 308 g/mol. The highest BCUT2D eigenvalue weighted by atomic mass is 16.1. The number of rotatable bonds is 4. The highest BCUT2D eigenvalue weighted by molar-refractivity contribution is 5.93. The van der Waals surface area contributed by atoms with Crippen LogP contribution in [-0.4, -0.2) is 30.4 Å². The maximum Gasteiger partial charge on any atom is 0.253 e. The second-order valence-electron chi connectivity index (χ2n) is 4.97. The zero-order valence-corrected chi connectivity index (χ0v) is 12.9. The van der Waals surface area contributed by atoms with Crippen LogP contribution in [0.3, 0.4) is 0 Å². The lowest BCUT2D eigenvalue weighted by molar-refractivity contribution is 0.0949. The summed E-state index contributed by atoms with van der Waals surface area (Å²) in [5, 5.41) is 2.73. The van der Waals surface area contributed by atoms with E-state index in [9.17, 15) is 9.59 Å². The van der Waals surface area contributed by atoms with Gasteiger partial charge in [-0.15, -0.1) is 0 Å². The molecule has 8 heteroatoms. The molecule has 0 aliphatic rings. The van der Waals surface area contributed by atoms with E-state index in [1.54, 1.807) is 37.6 Å². The Hall–Kier alpha value is -3.42. The van der Waals surface area contributed by atoms with Gasteiger partial charge >= 0.3 is 0 Å². The van der Waals surface area contributed by atoms with Crippen molar-refractivity contribution in [2.45, 2.75) is 6.54 Å². The predicted octanol–water partition coefficient (Wildman–Crippen LogP) is 0.562. The van der Waals surface area contributed by atoms with Gasteiger partial charge in [0, 0.05) is 31.7 Å². The largest absolute Gasteiger partial charge is 0.345 e. The maximum absolute atomic E-state index is 12.1. The van der Waals surface area contributed by atoms with Crippen LogP contribution < -0.4 is 10.9 Å². The number of nitrogens with zero attached hydrogens (tertiary/aromatic N) is 5. The van der Waals surface area contributed by atoms with Gasteiger partial charge in [0.15, 0.2) is 0 Å². The zero-order valence-electron chi connectivity index (χ0n) is 12.9. The minimum Gasteiger partial charge on any atom is -0.345 e. The van der Waals surface area contributed by atoms with E-state index >= 15 is 0 Å². The van der Waals surface area contributed by atoms with Crippen LogP contribution in [0, 0.1) is 0 Å². The van der Waals surface area contributed by atoms with E-state index in [1.807, 2.05) is 0 Å². The van der Waals surface area contributed by atoms with E-state index in [2.05, 4.69) is 25.3 Å². The van der Waals surface area contributed by atoms with Crippen LogP contribution in [0.15, 0.2) is 54.0 Å². The summed E-state index contributed by atoms with van der Waals surface area (Å²) in [6.45, 7) is 0.110. The third-order valence-electron chi connectivity index (χ3n) is 3.40. The molecule has 24 heavy (non-hydrogen) atoms. The summed E-state index contributed by atoms with van der Waals surface area (Å²) in [6.07, 6.45) is 6.02. The molecule has 0 atom stereocenters. The Labute approximate surface area is 137 Å². The summed E-state index contributed by atoms with van der Waals surface area (Å²) in [5.74, 6) is 0.137. The van der Waals surface area contributed by atoms with Crippen molar-refractivity contribution in [2.75, 3.05) is 0 Å². The van der Waals surface area contributed by atoms with E-state index in [-0.39, 0.29) is 18.0 Å². The van der Waals surface area contributed by atoms with Crippen molar-refractivity contribution >= 4 is 5.91 Å². The average Bonchev–Trinajstić information content (AvgIpc) is 2.64. The molecule has 0 saturated heterocycles. The van der Waals surface area contributed by atoms with E-state index in [1.165, 1.54) is 23.2 Å². The highest BCUT2D eigenvalue weighted by Crippen LogP contribution is 2.11. The van der Waals surface area contributed by atoms with E-state index < -0.39 is 0 Å². The van der Waals surface area contributed by atoms with Crippen molar-refractivity contribution < 1.29 is 4.79 Å². The lowest BCUT2D eigenvalue weighted by atomic mass is 10.2. The molecule has 1 amide bonds. The van der Waals surface area contributed by atoms with Gasteiger partial charge < -0.3 is 5.32 Å². The number of aromatic nitrogens is 5. The van der Waals surface area contributed by atoms with Gasteiger partial charge in [-0.2, -0.15) is 0 Å². The van der Waals surface area contributed by atoms with Crippen LogP contribution in [0.4, 0.5) is 0 Å². The van der Waals surface area contributed by atoms with Gasteiger partial charge in [0.2, 0.25) is 0 Å². The summed E-state index contributed by atoms with van der Waals surface area (Å²) >= 11 is 0. The first-order valence-corrected chi connectivity index (χ1v) is 7.16. The highest BCUT2D eigenvalue weighted by Gasteiger charge is 2.11. The molecular formula is C16H14N6O2. The van der Waals surface area contributed by atoms with Crippen LogP contribution in [-0.2, 0) is 13.6 Å². The second kappa shape index (κ2) is 6.78. The van der Waals surface area contributed by atoms with Crippen molar-refractivity contribution in [3.8, 4) is 11.4 Å². The van der Waals surface area contributed by atoms with Gasteiger partial charge in [0.1, 0.15) is 12.2 Å². The molecule has 0 fully saturated rings. The maximum atomic E-state index is 12.1. The summed E-state index contributed by atoms with van der Waals surface area (Å²) < 4.78 is 1.38. The molecule has 120 valence electrons. The van der Waals surface area contributed by atoms with Gasteiger partial charge in [-0.25, -0.2) is 15.0 Å². The van der Waals surface area contributed by atoms with Crippen LogP contribution in [0.25, 0.3) is 11.4 Å². The van der Waals surface area contributed by atoms with Crippen molar-refractivity contribution in [2.24, 2.45) is 7.05 Å². The number of carbonyl (C=O) groups excluding carboxylic acids is 1. The predicted molar refractivity (Wildman–Crippen MR) is 85.9 cm³/mol. The van der Waals surface area contributed by atoms with E-state index in [0.29, 0.717) is 22.8 Å². The summed E-state index contributed by atoms with van der Waals surface area (Å²) in [7, 11) is 1.60. The molecule has 3 rings (SSSR count). The van der Waals surface area contributed by atoms with Crippen molar-refractivity contribution in [3.05, 3.63) is 70.9 Å². The molecule has 0 unspecified atom stereocenters. The minimum atomic E-state index is -0.287. The first-order chi connectivity index (χ1) is 11.6. The first-order valence-electron chi connectivity index (χ1n) is 7.16. The molecule has 0 spiro atoms. The van der Waals surface area contributed by atoms with Crippen molar-refractivity contribution in [1.82, 2.24) is 29.8 Å². The van der Waals surface area contributed by atoms with Gasteiger partial charge in [0.25, 0.3) is 11.5 Å². The minimum absolute atomic E-state index is 0.110. The zero-order chi connectivity index (χ0) is 16.9. The van der Waals surface area contributed by atoms with Gasteiger partial charge in [-0.1, -0.05) is 0 Å². The molecule has 0 aromatic carbocycles. The number of hydrogen-bond acceptors (Lipinski definition) is 6. The molecule has 1 N–H and O–H groups in total. The number of carbonyl (C=O) groups is 1. The third-order valence-corrected chi connectivity index (χ3v) is 3.40. The Morgan fingerprint density at radius 2 is 2.08 bits per heavy atom. The molecule has 3 heterocycles. The van der Waals surface area contributed by atoms with Crippen LogP contribution in [0.1, 0.15) is 16.2 Å². The SMILES string of the molecule is Cn1c(CNC(=O)c2cccnc2)nc(-c2ccncn2)cc1=O. The van der Waals surface area contributed by atoms with Crippen LogP contribution in [0.2, 0.25) is 0 Å². The smallest absolute Gasteiger partial charge is 0.253 e. The normalized spacial score (nSPS) is 10.4. The van der Waals surface area contributed by atoms with Crippen molar-refractivity contribution in [3.63, 3.8) is 0 Å². The lowest BCUT2D eigenvalue weighted by Crippen LogP contribution is -2.29. The number of hydrogen-bond donors (Lipinski definition) is 1. The molecule has 0 radical (unpaired) electrons. The fourth-order valence-corrected chi connectivity index (χ4v) is 2.08. The molecule has 0 saturated carbocycles. The second-order valence-corrected chi connectivity index (χ2v) is 4.97. The topological polar surface area (TPSA) is 103 Å². The molecule has 0 bridgehead atoms. The fourth-order valence-electron chi connectivity index (χ4n) is 2.08.